The third-order valence-electron chi connectivity index (χ3n) is 6.82. The maximum Gasteiger partial charge on any atom is 0.326 e. The van der Waals surface area contributed by atoms with E-state index in [0.29, 0.717) is 6.42 Å². The van der Waals surface area contributed by atoms with Gasteiger partial charge in [0.05, 0.1) is 32.0 Å². The minimum absolute atomic E-state index is 0.0318. The summed E-state index contributed by atoms with van der Waals surface area (Å²) in [4.78, 5) is 81.8. The number of carbonyl (C=O) groups excluding carboxylic acids is 4. The number of sulfonamides is 1. The maximum absolute atomic E-state index is 12.4. The van der Waals surface area contributed by atoms with E-state index >= 15 is 0 Å². The zero-order valence-corrected chi connectivity index (χ0v) is 29.6. The van der Waals surface area contributed by atoms with Gasteiger partial charge in [-0.3, -0.25) is 28.7 Å². The van der Waals surface area contributed by atoms with E-state index in [4.69, 9.17) is 19.7 Å². The Bertz CT molecular complexity index is 1250. The zero-order chi connectivity index (χ0) is 37.8. The van der Waals surface area contributed by atoms with E-state index in [9.17, 15) is 47.1 Å². The Morgan fingerprint density at radius 3 is 1.86 bits per heavy atom. The van der Waals surface area contributed by atoms with E-state index < -0.39 is 86.8 Å². The monoisotopic (exact) mass is 724 g/mol. The Morgan fingerprint density at radius 1 is 0.714 bits per heavy atom. The van der Waals surface area contributed by atoms with Gasteiger partial charge in [-0.1, -0.05) is 34.6 Å². The van der Waals surface area contributed by atoms with E-state index in [1.165, 1.54) is 0 Å². The fourth-order valence-corrected chi connectivity index (χ4v) is 6.10. The molecule has 0 aliphatic carbocycles. The fraction of sp³-hybridized carbons (Fsp3) is 0.767. The normalized spacial score (nSPS) is 13.1. The molecule has 0 spiro atoms. The number of rotatable bonds is 27. The van der Waals surface area contributed by atoms with Crippen LogP contribution < -0.4 is 20.7 Å². The second-order valence-electron chi connectivity index (χ2n) is 13.1. The number of carboxylic acids is 3. The van der Waals surface area contributed by atoms with Crippen molar-refractivity contribution in [1.29, 1.82) is 0 Å². The highest BCUT2D eigenvalue weighted by atomic mass is 32.2. The lowest BCUT2D eigenvalue weighted by molar-refractivity contribution is -0.144. The number of aliphatic carboxylic acids is 3. The quantitative estimate of drug-likeness (QED) is 0.0549. The number of hydrogen-bond donors (Lipinski definition) is 7. The first-order valence-electron chi connectivity index (χ1n) is 15.8. The van der Waals surface area contributed by atoms with Crippen LogP contribution in [0.3, 0.4) is 0 Å². The summed E-state index contributed by atoms with van der Waals surface area (Å²) in [5.41, 5.74) is -1.24. The SMILES string of the molecule is CCC(NC(=O)CCC(NC(=O)COCCOCCNC(=O)CCCS(=O)(=O)NC(=O)CC(C)(C)CC(C)(C)CC(=O)O)C(=O)O)C(=O)O. The van der Waals surface area contributed by atoms with Crippen molar-refractivity contribution < 1.29 is 66.8 Å². The molecule has 2 unspecified atom stereocenters. The van der Waals surface area contributed by atoms with Gasteiger partial charge in [-0.15, -0.1) is 0 Å². The van der Waals surface area contributed by atoms with Crippen molar-refractivity contribution in [3.8, 4) is 0 Å². The molecule has 0 bridgehead atoms. The van der Waals surface area contributed by atoms with Gasteiger partial charge in [-0.2, -0.15) is 0 Å². The molecule has 7 N–H and O–H groups in total. The third kappa shape index (κ3) is 23.2. The van der Waals surface area contributed by atoms with Crippen LogP contribution in [0.1, 0.15) is 86.0 Å². The number of ether oxygens (including phenoxy) is 2. The van der Waals surface area contributed by atoms with Crippen LogP contribution in [0.15, 0.2) is 0 Å². The number of hydrogen-bond acceptors (Lipinski definition) is 11. The van der Waals surface area contributed by atoms with Crippen LogP contribution in [0.4, 0.5) is 0 Å². The van der Waals surface area contributed by atoms with Crippen molar-refractivity contribution in [1.82, 2.24) is 20.7 Å². The van der Waals surface area contributed by atoms with Crippen LogP contribution >= 0.6 is 0 Å². The molecule has 18 nitrogen and oxygen atoms in total. The molecule has 19 heteroatoms. The highest BCUT2D eigenvalue weighted by molar-refractivity contribution is 7.90. The van der Waals surface area contributed by atoms with E-state index in [0.717, 1.165) is 0 Å². The summed E-state index contributed by atoms with van der Waals surface area (Å²) in [6, 6.07) is -2.49. The standard InChI is InChI=1S/C30H52N4O14S/c1-6-20(27(41)42)32-23(36)10-9-21(28(43)44)33-25(38)18-48-14-13-47-12-11-31-22(35)8-7-15-49(45,46)34-24(37)16-29(2,3)19-30(4,5)17-26(39)40/h20-21H,6-19H2,1-5H3,(H,31,35)(H,32,36)(H,33,38)(H,34,37)(H,39,40)(H,41,42)(H,43,44). The third-order valence-corrected chi connectivity index (χ3v) is 8.19. The summed E-state index contributed by atoms with van der Waals surface area (Å²) in [7, 11) is -3.98. The minimum Gasteiger partial charge on any atom is -0.481 e. The molecule has 0 radical (unpaired) electrons. The molecule has 0 saturated carbocycles. The first-order valence-corrected chi connectivity index (χ1v) is 17.4. The number of nitrogens with one attached hydrogen (secondary N) is 4. The predicted molar refractivity (Wildman–Crippen MR) is 174 cm³/mol. The van der Waals surface area contributed by atoms with E-state index in [2.05, 4.69) is 16.0 Å². The molecule has 0 fully saturated rings. The first-order chi connectivity index (χ1) is 22.6. The number of carboxylic acid groups (broad SMARTS) is 3. The van der Waals surface area contributed by atoms with Gasteiger partial charge in [0.2, 0.25) is 33.7 Å². The Morgan fingerprint density at radius 2 is 1.29 bits per heavy atom. The van der Waals surface area contributed by atoms with Crippen LogP contribution in [-0.2, 0) is 53.1 Å². The van der Waals surface area contributed by atoms with Crippen molar-refractivity contribution >= 4 is 51.6 Å². The van der Waals surface area contributed by atoms with Crippen LogP contribution in [0.2, 0.25) is 0 Å². The van der Waals surface area contributed by atoms with Crippen LogP contribution in [0.5, 0.6) is 0 Å². The topological polar surface area (TPSA) is 281 Å². The summed E-state index contributed by atoms with van der Waals surface area (Å²) in [5.74, 6) is -6.57. The van der Waals surface area contributed by atoms with Gasteiger partial charge < -0.3 is 40.7 Å². The second kappa shape index (κ2) is 22.0. The largest absolute Gasteiger partial charge is 0.481 e. The van der Waals surface area contributed by atoms with Crippen LogP contribution in [-0.4, -0.2) is 116 Å². The van der Waals surface area contributed by atoms with Gasteiger partial charge in [-0.05, 0) is 36.5 Å². The van der Waals surface area contributed by atoms with Gasteiger partial charge in [0.25, 0.3) is 0 Å². The molecular formula is C30H52N4O14S. The lowest BCUT2D eigenvalue weighted by atomic mass is 9.72. The molecule has 282 valence electrons. The van der Waals surface area contributed by atoms with Gasteiger partial charge in [0.15, 0.2) is 0 Å². The molecule has 4 amide bonds. The number of carbonyl (C=O) groups is 7. The summed E-state index contributed by atoms with van der Waals surface area (Å²) in [6.45, 7) is 8.32. The molecule has 0 saturated heterocycles. The molecule has 0 aromatic rings. The van der Waals surface area contributed by atoms with Gasteiger partial charge in [0.1, 0.15) is 18.7 Å². The van der Waals surface area contributed by atoms with E-state index in [-0.39, 0.29) is 71.3 Å². The average molecular weight is 725 g/mol. The van der Waals surface area contributed by atoms with Gasteiger partial charge in [-0.25, -0.2) is 18.0 Å². The summed E-state index contributed by atoms with van der Waals surface area (Å²) < 4.78 is 37.0. The van der Waals surface area contributed by atoms with Crippen molar-refractivity contribution in [2.45, 2.75) is 98.1 Å². The van der Waals surface area contributed by atoms with Crippen LogP contribution in [0, 0.1) is 10.8 Å². The maximum atomic E-state index is 12.4. The molecule has 0 aliphatic heterocycles. The fourth-order valence-electron chi connectivity index (χ4n) is 5.06. The minimum atomic E-state index is -3.98. The van der Waals surface area contributed by atoms with Crippen molar-refractivity contribution in [2.75, 3.05) is 38.7 Å². The van der Waals surface area contributed by atoms with Crippen molar-refractivity contribution in [3.05, 3.63) is 0 Å². The second-order valence-corrected chi connectivity index (χ2v) is 14.9. The molecule has 0 aromatic carbocycles. The van der Waals surface area contributed by atoms with Gasteiger partial charge >= 0.3 is 17.9 Å². The van der Waals surface area contributed by atoms with Gasteiger partial charge in [0, 0.05) is 25.8 Å². The van der Waals surface area contributed by atoms with Crippen LogP contribution in [0.25, 0.3) is 0 Å². The molecule has 0 rings (SSSR count). The molecular weight excluding hydrogens is 672 g/mol. The molecule has 49 heavy (non-hydrogen) atoms. The molecule has 0 heterocycles. The Hall–Kier alpha value is -3.84. The lowest BCUT2D eigenvalue weighted by Crippen LogP contribution is -2.44. The highest BCUT2D eigenvalue weighted by Gasteiger charge is 2.33. The highest BCUT2D eigenvalue weighted by Crippen LogP contribution is 2.38. The molecule has 0 aliphatic rings. The van der Waals surface area contributed by atoms with Crippen molar-refractivity contribution in [3.63, 3.8) is 0 Å². The predicted octanol–water partition coefficient (Wildman–Crippen LogP) is -0.00170. The molecule has 2 atom stereocenters. The van der Waals surface area contributed by atoms with E-state index in [1.54, 1.807) is 34.6 Å². The Kier molecular flexibility index (Phi) is 20.3. The first kappa shape index (κ1) is 45.2. The Balaban J connectivity index is 4.20. The zero-order valence-electron chi connectivity index (χ0n) is 28.8. The summed E-state index contributed by atoms with van der Waals surface area (Å²) >= 11 is 0. The van der Waals surface area contributed by atoms with Crippen molar-refractivity contribution in [2.24, 2.45) is 10.8 Å². The lowest BCUT2D eigenvalue weighted by Gasteiger charge is -2.33. The molecule has 0 aromatic heterocycles. The smallest absolute Gasteiger partial charge is 0.326 e. The average Bonchev–Trinajstić information content (AvgIpc) is 2.92. The Labute approximate surface area is 286 Å². The number of amides is 4. The summed E-state index contributed by atoms with van der Waals surface area (Å²) in [5, 5.41) is 34.4. The van der Waals surface area contributed by atoms with E-state index in [1.807, 2.05) is 4.72 Å². The summed E-state index contributed by atoms with van der Waals surface area (Å²) in [6.07, 6.45) is -0.434.